The molecule has 2 heteroatoms. The van der Waals surface area contributed by atoms with E-state index in [1.165, 1.54) is 44.9 Å². The van der Waals surface area contributed by atoms with E-state index in [2.05, 4.69) is 6.92 Å². The monoisotopic (exact) mass is 225 g/mol. The van der Waals surface area contributed by atoms with Crippen LogP contribution in [0.3, 0.4) is 0 Å². The molecule has 0 amide bonds. The molecule has 2 N–H and O–H groups in total. The predicted octanol–water partition coefficient (Wildman–Crippen LogP) is 2.96. The van der Waals surface area contributed by atoms with Gasteiger partial charge in [0.2, 0.25) is 0 Å². The number of ether oxygens (including phenoxy) is 1. The van der Waals surface area contributed by atoms with Gasteiger partial charge in [-0.2, -0.15) is 0 Å². The molecule has 2 rings (SSSR count). The van der Waals surface area contributed by atoms with Gasteiger partial charge in [-0.3, -0.25) is 0 Å². The van der Waals surface area contributed by atoms with Crippen LogP contribution < -0.4 is 5.73 Å². The number of hydrogen-bond donors (Lipinski definition) is 1. The van der Waals surface area contributed by atoms with Gasteiger partial charge in [0, 0.05) is 19.3 Å². The SMILES string of the molecule is CCC1CCC(C(N)C2CCOCC2)CC1. The second-order valence-electron chi connectivity index (χ2n) is 5.72. The Morgan fingerprint density at radius 1 is 1.00 bits per heavy atom. The van der Waals surface area contributed by atoms with Crippen LogP contribution in [0.1, 0.15) is 51.9 Å². The highest BCUT2D eigenvalue weighted by molar-refractivity contribution is 4.85. The first-order valence-corrected chi connectivity index (χ1v) is 7.14. The Kier molecular flexibility index (Phi) is 4.66. The van der Waals surface area contributed by atoms with E-state index in [-0.39, 0.29) is 0 Å². The summed E-state index contributed by atoms with van der Waals surface area (Å²) in [5, 5.41) is 0. The van der Waals surface area contributed by atoms with Crippen molar-refractivity contribution in [3.8, 4) is 0 Å². The maximum absolute atomic E-state index is 6.45. The highest BCUT2D eigenvalue weighted by Gasteiger charge is 2.30. The minimum Gasteiger partial charge on any atom is -0.381 e. The van der Waals surface area contributed by atoms with Gasteiger partial charge in [-0.25, -0.2) is 0 Å². The minimum atomic E-state index is 0.446. The number of rotatable bonds is 3. The van der Waals surface area contributed by atoms with Gasteiger partial charge in [-0.1, -0.05) is 26.2 Å². The van der Waals surface area contributed by atoms with Gasteiger partial charge in [0.1, 0.15) is 0 Å². The lowest BCUT2D eigenvalue weighted by Crippen LogP contribution is -2.41. The summed E-state index contributed by atoms with van der Waals surface area (Å²) in [6.07, 6.45) is 9.31. The standard InChI is InChI=1S/C14H27NO/c1-2-11-3-5-12(6-4-11)14(15)13-7-9-16-10-8-13/h11-14H,2-10,15H2,1H3. The van der Waals surface area contributed by atoms with Crippen molar-refractivity contribution in [1.82, 2.24) is 0 Å². The van der Waals surface area contributed by atoms with E-state index in [9.17, 15) is 0 Å². The van der Waals surface area contributed by atoms with E-state index in [1.54, 1.807) is 0 Å². The molecule has 1 saturated carbocycles. The Bertz CT molecular complexity index is 193. The van der Waals surface area contributed by atoms with Crippen LogP contribution >= 0.6 is 0 Å². The van der Waals surface area contributed by atoms with Crippen molar-refractivity contribution >= 4 is 0 Å². The highest BCUT2D eigenvalue weighted by Crippen LogP contribution is 2.35. The molecule has 1 aliphatic heterocycles. The lowest BCUT2D eigenvalue weighted by molar-refractivity contribution is 0.0460. The summed E-state index contributed by atoms with van der Waals surface area (Å²) in [5.74, 6) is 2.51. The zero-order chi connectivity index (χ0) is 11.4. The fraction of sp³-hybridized carbons (Fsp3) is 1.00. The fourth-order valence-electron chi connectivity index (χ4n) is 3.47. The first kappa shape index (κ1) is 12.4. The predicted molar refractivity (Wildman–Crippen MR) is 67.3 cm³/mol. The summed E-state index contributed by atoms with van der Waals surface area (Å²) in [4.78, 5) is 0. The summed E-state index contributed by atoms with van der Waals surface area (Å²) < 4.78 is 5.42. The van der Waals surface area contributed by atoms with E-state index in [4.69, 9.17) is 10.5 Å². The molecule has 0 spiro atoms. The molecule has 0 bridgehead atoms. The Morgan fingerprint density at radius 3 is 2.12 bits per heavy atom. The third kappa shape index (κ3) is 2.98. The van der Waals surface area contributed by atoms with E-state index in [0.29, 0.717) is 6.04 Å². The van der Waals surface area contributed by atoms with Crippen molar-refractivity contribution in [3.05, 3.63) is 0 Å². The lowest BCUT2D eigenvalue weighted by Gasteiger charge is -2.37. The van der Waals surface area contributed by atoms with Crippen LogP contribution in [0.15, 0.2) is 0 Å². The summed E-state index contributed by atoms with van der Waals surface area (Å²) in [6, 6.07) is 0.446. The van der Waals surface area contributed by atoms with Crippen LogP contribution in [0.5, 0.6) is 0 Å². The summed E-state index contributed by atoms with van der Waals surface area (Å²) in [5.41, 5.74) is 6.45. The Balaban J connectivity index is 1.78. The maximum atomic E-state index is 6.45. The molecule has 1 unspecified atom stereocenters. The zero-order valence-electron chi connectivity index (χ0n) is 10.7. The van der Waals surface area contributed by atoms with Crippen molar-refractivity contribution in [2.75, 3.05) is 13.2 Å². The zero-order valence-corrected chi connectivity index (χ0v) is 10.7. The van der Waals surface area contributed by atoms with E-state index in [1.807, 2.05) is 0 Å². The molecular weight excluding hydrogens is 198 g/mol. The maximum Gasteiger partial charge on any atom is 0.0469 e. The van der Waals surface area contributed by atoms with E-state index in [0.717, 1.165) is 31.0 Å². The van der Waals surface area contributed by atoms with E-state index >= 15 is 0 Å². The normalized spacial score (nSPS) is 34.9. The third-order valence-corrected chi connectivity index (χ3v) is 4.82. The van der Waals surface area contributed by atoms with Crippen molar-refractivity contribution in [1.29, 1.82) is 0 Å². The van der Waals surface area contributed by atoms with Gasteiger partial charge >= 0.3 is 0 Å². The van der Waals surface area contributed by atoms with Crippen molar-refractivity contribution in [2.24, 2.45) is 23.5 Å². The smallest absolute Gasteiger partial charge is 0.0469 e. The van der Waals surface area contributed by atoms with Gasteiger partial charge in [-0.15, -0.1) is 0 Å². The van der Waals surface area contributed by atoms with Gasteiger partial charge < -0.3 is 10.5 Å². The lowest BCUT2D eigenvalue weighted by atomic mass is 9.73. The van der Waals surface area contributed by atoms with Crippen molar-refractivity contribution in [2.45, 2.75) is 57.9 Å². The molecule has 1 saturated heterocycles. The van der Waals surface area contributed by atoms with Crippen LogP contribution in [-0.2, 0) is 4.74 Å². The van der Waals surface area contributed by atoms with Crippen LogP contribution in [0, 0.1) is 17.8 Å². The highest BCUT2D eigenvalue weighted by atomic mass is 16.5. The molecule has 0 aromatic rings. The van der Waals surface area contributed by atoms with Crippen molar-refractivity contribution < 1.29 is 4.74 Å². The molecular formula is C14H27NO. The second kappa shape index (κ2) is 6.02. The van der Waals surface area contributed by atoms with Gasteiger partial charge in [0.25, 0.3) is 0 Å². The second-order valence-corrected chi connectivity index (χ2v) is 5.72. The summed E-state index contributed by atoms with van der Waals surface area (Å²) in [7, 11) is 0. The van der Waals surface area contributed by atoms with Gasteiger partial charge in [-0.05, 0) is 43.4 Å². The van der Waals surface area contributed by atoms with Crippen LogP contribution in [-0.4, -0.2) is 19.3 Å². The van der Waals surface area contributed by atoms with Gasteiger partial charge in [0.05, 0.1) is 0 Å². The molecule has 2 fully saturated rings. The molecule has 1 heterocycles. The number of nitrogens with two attached hydrogens (primary N) is 1. The Labute approximate surface area is 99.9 Å². The Hall–Kier alpha value is -0.0800. The molecule has 1 aliphatic carbocycles. The topological polar surface area (TPSA) is 35.2 Å². The summed E-state index contributed by atoms with van der Waals surface area (Å²) >= 11 is 0. The van der Waals surface area contributed by atoms with E-state index < -0.39 is 0 Å². The van der Waals surface area contributed by atoms with Crippen LogP contribution in [0.2, 0.25) is 0 Å². The van der Waals surface area contributed by atoms with Crippen molar-refractivity contribution in [3.63, 3.8) is 0 Å². The first-order chi connectivity index (χ1) is 7.81. The molecule has 16 heavy (non-hydrogen) atoms. The first-order valence-electron chi connectivity index (χ1n) is 7.14. The molecule has 94 valence electrons. The average molecular weight is 225 g/mol. The fourth-order valence-corrected chi connectivity index (χ4v) is 3.47. The quantitative estimate of drug-likeness (QED) is 0.801. The molecule has 0 aromatic heterocycles. The molecule has 2 aliphatic rings. The van der Waals surface area contributed by atoms with Crippen LogP contribution in [0.4, 0.5) is 0 Å². The molecule has 1 atom stereocenters. The van der Waals surface area contributed by atoms with Gasteiger partial charge in [0.15, 0.2) is 0 Å². The molecule has 0 radical (unpaired) electrons. The Morgan fingerprint density at radius 2 is 1.56 bits per heavy atom. The third-order valence-electron chi connectivity index (χ3n) is 4.82. The largest absolute Gasteiger partial charge is 0.381 e. The summed E-state index contributed by atoms with van der Waals surface area (Å²) in [6.45, 7) is 4.19. The molecule has 0 aromatic carbocycles. The molecule has 2 nitrogen and oxygen atoms in total. The average Bonchev–Trinajstić information content (AvgIpc) is 2.39. The van der Waals surface area contributed by atoms with Crippen LogP contribution in [0.25, 0.3) is 0 Å². The minimum absolute atomic E-state index is 0.446. The number of hydrogen-bond acceptors (Lipinski definition) is 2.